The number of phenolic OH excluding ortho intramolecular Hbond substituents is 4. The summed E-state index contributed by atoms with van der Waals surface area (Å²) in [6, 6.07) is 121. The molecule has 524 valence electrons. The van der Waals surface area contributed by atoms with Crippen LogP contribution in [0.15, 0.2) is 364 Å². The van der Waals surface area contributed by atoms with E-state index in [0.29, 0.717) is 22.5 Å². The molecule has 0 heterocycles. The minimum absolute atomic E-state index is 0.0208. The Labute approximate surface area is 621 Å². The molecular weight excluding hydrogens is 1350 g/mol. The van der Waals surface area contributed by atoms with Crippen LogP contribution in [0.2, 0.25) is 0 Å². The lowest BCUT2D eigenvalue weighted by Crippen LogP contribution is -2.38. The number of anilines is 2. The van der Waals surface area contributed by atoms with Crippen molar-refractivity contribution in [2.75, 3.05) is 10.6 Å². The van der Waals surface area contributed by atoms with Gasteiger partial charge in [-0.15, -0.1) is 0 Å². The fraction of sp³-hybridized carbons (Fsp3) is 0.0638. The van der Waals surface area contributed by atoms with Crippen molar-refractivity contribution < 1.29 is 39.6 Å². The molecule has 0 aliphatic rings. The molecule has 0 aliphatic carbocycles. The number of ketones is 2. The van der Waals surface area contributed by atoms with Crippen LogP contribution in [-0.4, -0.2) is 43.8 Å². The van der Waals surface area contributed by atoms with Crippen molar-refractivity contribution >= 4 is 91.7 Å². The average Bonchev–Trinajstić information content (AvgIpc) is 0.743. The van der Waals surface area contributed by atoms with Gasteiger partial charge in [-0.1, -0.05) is 206 Å². The zero-order valence-electron chi connectivity index (χ0n) is 59.4. The van der Waals surface area contributed by atoms with Crippen LogP contribution in [-0.2, 0) is 12.8 Å². The summed E-state index contributed by atoms with van der Waals surface area (Å²) >= 11 is 0. The molecule has 0 saturated carbocycles. The number of amides is 2. The molecule has 0 bridgehead atoms. The highest BCUT2D eigenvalue weighted by molar-refractivity contribution is 8.02. The molecule has 14 aromatic carbocycles. The summed E-state index contributed by atoms with van der Waals surface area (Å²) in [5, 5.41) is 56.5. The van der Waals surface area contributed by atoms with E-state index in [0.717, 1.165) is 22.3 Å². The van der Waals surface area contributed by atoms with E-state index in [1.54, 1.807) is 91.0 Å². The molecular formula is C94H82N2O8P2+2. The van der Waals surface area contributed by atoms with Crippen LogP contribution in [0.4, 0.5) is 11.4 Å². The summed E-state index contributed by atoms with van der Waals surface area (Å²) in [6.45, 7) is 7.50. The highest BCUT2D eigenvalue weighted by Crippen LogP contribution is 2.55. The van der Waals surface area contributed by atoms with Crippen molar-refractivity contribution in [3.05, 3.63) is 420 Å². The number of benzene rings is 14. The zero-order chi connectivity index (χ0) is 74.4. The van der Waals surface area contributed by atoms with E-state index >= 15 is 0 Å². The van der Waals surface area contributed by atoms with Gasteiger partial charge in [0.1, 0.15) is 80.0 Å². The van der Waals surface area contributed by atoms with E-state index in [2.05, 4.69) is 253 Å². The molecule has 2 amide bonds. The molecule has 14 aromatic rings. The first-order valence-corrected chi connectivity index (χ1v) is 38.4. The van der Waals surface area contributed by atoms with Gasteiger partial charge in [0.15, 0.2) is 11.6 Å². The lowest BCUT2D eigenvalue weighted by Gasteiger charge is -2.27. The van der Waals surface area contributed by atoms with Crippen molar-refractivity contribution in [3.8, 4) is 23.0 Å². The Morgan fingerprint density at radius 1 is 0.255 bits per heavy atom. The molecule has 12 heteroatoms. The van der Waals surface area contributed by atoms with Crippen LogP contribution in [0.5, 0.6) is 23.0 Å². The van der Waals surface area contributed by atoms with Crippen molar-refractivity contribution in [1.29, 1.82) is 0 Å². The molecule has 0 aliphatic heterocycles. The van der Waals surface area contributed by atoms with Gasteiger partial charge >= 0.3 is 0 Å². The number of carbonyl (C=O) groups is 4. The molecule has 6 N–H and O–H groups in total. The second-order valence-corrected chi connectivity index (χ2v) is 32.3. The van der Waals surface area contributed by atoms with Gasteiger partial charge in [-0.2, -0.15) is 0 Å². The predicted molar refractivity (Wildman–Crippen MR) is 439 cm³/mol. The number of hydrogen-bond donors (Lipinski definition) is 6. The lowest BCUT2D eigenvalue weighted by atomic mass is 9.97. The molecule has 0 spiro atoms. The van der Waals surface area contributed by atoms with Crippen LogP contribution in [0.25, 0.3) is 0 Å². The lowest BCUT2D eigenvalue weighted by molar-refractivity contribution is 0.0981. The van der Waals surface area contributed by atoms with Gasteiger partial charge in [-0.3, -0.25) is 19.2 Å². The highest BCUT2D eigenvalue weighted by atomic mass is 31.2. The Kier molecular flexibility index (Phi) is 25.0. The van der Waals surface area contributed by atoms with Gasteiger partial charge in [-0.25, -0.2) is 0 Å². The van der Waals surface area contributed by atoms with Gasteiger partial charge in [0.25, 0.3) is 11.8 Å². The third-order valence-corrected chi connectivity index (χ3v) is 26.9. The van der Waals surface area contributed by atoms with E-state index in [4.69, 9.17) is 0 Å². The molecule has 0 radical (unpaired) electrons. The maximum atomic E-state index is 12.7. The topological polar surface area (TPSA) is 173 Å². The minimum Gasteiger partial charge on any atom is -0.507 e. The number of hydrogen-bond acceptors (Lipinski definition) is 8. The molecule has 0 aromatic heterocycles. The number of para-hydroxylation sites is 3. The van der Waals surface area contributed by atoms with Crippen LogP contribution in [0.3, 0.4) is 0 Å². The van der Waals surface area contributed by atoms with Crippen LogP contribution < -0.4 is 53.1 Å². The third kappa shape index (κ3) is 17.5. The average molecular weight is 1430 g/mol. The van der Waals surface area contributed by atoms with E-state index in [-0.39, 0.29) is 69.7 Å². The first-order chi connectivity index (χ1) is 51.6. The van der Waals surface area contributed by atoms with Gasteiger partial charge in [0.2, 0.25) is 0 Å². The van der Waals surface area contributed by atoms with E-state index < -0.39 is 26.3 Å². The van der Waals surface area contributed by atoms with Gasteiger partial charge in [-0.05, 0) is 219 Å². The smallest absolute Gasteiger partial charge is 0.259 e. The number of rotatable bonds is 18. The molecule has 106 heavy (non-hydrogen) atoms. The maximum Gasteiger partial charge on any atom is 0.259 e. The Balaban J connectivity index is 0.000000141. The molecule has 0 atom stereocenters. The van der Waals surface area contributed by atoms with Gasteiger partial charge < -0.3 is 31.1 Å². The van der Waals surface area contributed by atoms with E-state index in [1.807, 2.05) is 33.8 Å². The quantitative estimate of drug-likeness (QED) is 0.0364. The first-order valence-electron chi connectivity index (χ1n) is 34.8. The van der Waals surface area contributed by atoms with Crippen LogP contribution in [0, 0.1) is 27.7 Å². The van der Waals surface area contributed by atoms with Crippen LogP contribution >= 0.6 is 14.5 Å². The Hall–Kier alpha value is -12.6. The van der Waals surface area contributed by atoms with Crippen molar-refractivity contribution in [2.45, 2.75) is 40.5 Å². The van der Waals surface area contributed by atoms with Crippen molar-refractivity contribution in [2.24, 2.45) is 0 Å². The standard InChI is InChI=1S/2C24H20P.2C23H21NO4/c2*1-5-13-21(14-6-1)25(22-15-7-2-8-16-22,23-17-9-3-10-18-23)24-19-11-4-12-20-24;1-14-11-16(13-22(27)17-7-3-5-9-20(17)25)19(12-15(14)2)24-23(28)18-8-4-6-10-21(18)26;1-14-7-9-17(20(25)11-14)22(27)13-16-5-3-4-6-19(16)24-23(28)18-10-8-15(2)12-21(18)26/h2*1-20H;2*3-12,25-26H,13H2,1-2H3,(H,24,28)/q2*+1;;. The molecule has 14 rings (SSSR count). The monoisotopic (exact) mass is 1430 g/mol. The molecule has 0 unspecified atom stereocenters. The zero-order valence-corrected chi connectivity index (χ0v) is 61.2. The maximum absolute atomic E-state index is 12.7. The van der Waals surface area contributed by atoms with E-state index in [1.165, 1.54) is 66.7 Å². The normalized spacial score (nSPS) is 10.8. The summed E-state index contributed by atoms with van der Waals surface area (Å²) in [5.41, 5.74) is 6.67. The Morgan fingerprint density at radius 3 is 0.868 bits per heavy atom. The minimum atomic E-state index is -1.91. The second-order valence-electron chi connectivity index (χ2n) is 25.5. The first kappa shape index (κ1) is 74.6. The summed E-state index contributed by atoms with van der Waals surface area (Å²) in [5.74, 6) is -1.77. The second kappa shape index (κ2) is 35.5. The predicted octanol–water partition coefficient (Wildman–Crippen LogP) is 17.4. The Bertz CT molecular complexity index is 4630. The number of carbonyl (C=O) groups excluding carboxylic acids is 4. The van der Waals surface area contributed by atoms with E-state index in [9.17, 15) is 39.6 Å². The molecule has 0 fully saturated rings. The summed E-state index contributed by atoms with van der Waals surface area (Å²) < 4.78 is 0. The van der Waals surface area contributed by atoms with Gasteiger partial charge in [0, 0.05) is 24.2 Å². The molecule has 0 saturated heterocycles. The summed E-state index contributed by atoms with van der Waals surface area (Å²) in [7, 11) is -3.81. The third-order valence-electron chi connectivity index (χ3n) is 18.3. The Morgan fingerprint density at radius 2 is 0.519 bits per heavy atom. The van der Waals surface area contributed by atoms with Crippen molar-refractivity contribution in [3.63, 3.8) is 0 Å². The molecule has 10 nitrogen and oxygen atoms in total. The summed E-state index contributed by atoms with van der Waals surface area (Å²) in [6.07, 6.45) is 0.0437. The van der Waals surface area contributed by atoms with Crippen LogP contribution in [0.1, 0.15) is 74.8 Å². The number of aryl methyl sites for hydroxylation is 4. The largest absolute Gasteiger partial charge is 0.507 e. The number of nitrogens with one attached hydrogen (secondary N) is 2. The number of Topliss-reactive ketones (excluding diaryl/α,β-unsaturated/α-hetero) is 2. The van der Waals surface area contributed by atoms with Gasteiger partial charge in [0.05, 0.1) is 22.3 Å². The highest BCUT2D eigenvalue weighted by Gasteiger charge is 2.49. The number of aromatic hydroxyl groups is 4. The fourth-order valence-corrected chi connectivity index (χ4v) is 21.5. The number of phenols is 4. The fourth-order valence-electron chi connectivity index (χ4n) is 12.9. The van der Waals surface area contributed by atoms with Crippen molar-refractivity contribution in [1.82, 2.24) is 0 Å². The summed E-state index contributed by atoms with van der Waals surface area (Å²) in [4.78, 5) is 50.5. The SMILES string of the molecule is Cc1cc(CC(=O)c2ccccc2O)c(NC(=O)c2ccccc2O)cc1C.Cc1ccc(C(=O)Cc2ccccc2NC(=O)c2ccc(C)cc2O)c(O)c1.c1ccc([P+](c2ccccc2)(c2ccccc2)c2ccccc2)cc1.c1ccc([P+](c2ccccc2)(c2ccccc2)c2ccccc2)cc1.